The number of benzene rings is 1. The van der Waals surface area contributed by atoms with Gasteiger partial charge in [0.25, 0.3) is 5.91 Å². The first-order valence-corrected chi connectivity index (χ1v) is 6.79. The summed E-state index contributed by atoms with van der Waals surface area (Å²) in [6, 6.07) is 4.27. The second-order valence-corrected chi connectivity index (χ2v) is 5.69. The number of carbonyl (C=O) groups excluding carboxylic acids is 1. The first kappa shape index (κ1) is 13.8. The Morgan fingerprint density at radius 2 is 2.05 bits per heavy atom. The van der Waals surface area contributed by atoms with E-state index in [4.69, 9.17) is 5.73 Å². The Hall–Kier alpha value is -1.58. The molecular formula is C15H21FN2O. The summed E-state index contributed by atoms with van der Waals surface area (Å²) in [5.41, 5.74) is 6.22. The van der Waals surface area contributed by atoms with E-state index in [1.54, 1.807) is 6.07 Å². The molecule has 1 aliphatic rings. The predicted molar refractivity (Wildman–Crippen MR) is 74.3 cm³/mol. The molecule has 2 N–H and O–H groups in total. The van der Waals surface area contributed by atoms with Gasteiger partial charge in [-0.15, -0.1) is 0 Å². The topological polar surface area (TPSA) is 46.3 Å². The van der Waals surface area contributed by atoms with Gasteiger partial charge in [0.2, 0.25) is 0 Å². The fraction of sp³-hybridized carbons (Fsp3) is 0.533. The molecule has 19 heavy (non-hydrogen) atoms. The van der Waals surface area contributed by atoms with Crippen LogP contribution >= 0.6 is 0 Å². The summed E-state index contributed by atoms with van der Waals surface area (Å²) < 4.78 is 13.4. The van der Waals surface area contributed by atoms with Crippen LogP contribution in [0.2, 0.25) is 0 Å². The van der Waals surface area contributed by atoms with Crippen molar-refractivity contribution in [3.05, 3.63) is 29.6 Å². The van der Waals surface area contributed by atoms with Gasteiger partial charge in [0.1, 0.15) is 5.82 Å². The molecule has 0 saturated carbocycles. The Morgan fingerprint density at radius 1 is 1.42 bits per heavy atom. The van der Waals surface area contributed by atoms with Crippen LogP contribution in [-0.4, -0.2) is 23.9 Å². The molecule has 1 fully saturated rings. The molecule has 3 nitrogen and oxygen atoms in total. The lowest BCUT2D eigenvalue weighted by Gasteiger charge is -2.39. The Kier molecular flexibility index (Phi) is 3.78. The summed E-state index contributed by atoms with van der Waals surface area (Å²) in [4.78, 5) is 14.1. The minimum Gasteiger partial charge on any atom is -0.396 e. The highest BCUT2D eigenvalue weighted by Crippen LogP contribution is 2.34. The van der Waals surface area contributed by atoms with Gasteiger partial charge in [0.05, 0.1) is 5.69 Å². The Morgan fingerprint density at radius 3 is 2.58 bits per heavy atom. The highest BCUT2D eigenvalue weighted by molar-refractivity contribution is 5.94. The molecule has 1 aromatic carbocycles. The van der Waals surface area contributed by atoms with Crippen molar-refractivity contribution in [2.45, 2.75) is 33.1 Å². The molecule has 1 aliphatic heterocycles. The summed E-state index contributed by atoms with van der Waals surface area (Å²) in [6.07, 6.45) is 3.14. The van der Waals surface area contributed by atoms with Crippen molar-refractivity contribution in [3.63, 3.8) is 0 Å². The summed E-state index contributed by atoms with van der Waals surface area (Å²) in [6.45, 7) is 5.94. The highest BCUT2D eigenvalue weighted by atomic mass is 19.1. The number of amides is 1. The molecule has 1 saturated heterocycles. The van der Waals surface area contributed by atoms with E-state index in [1.807, 2.05) is 4.90 Å². The third-order valence-corrected chi connectivity index (χ3v) is 4.36. The normalized spacial score (nSPS) is 18.4. The Balaban J connectivity index is 2.07. The predicted octanol–water partition coefficient (Wildman–Crippen LogP) is 3.06. The molecule has 0 spiro atoms. The minimum atomic E-state index is -0.527. The zero-order chi connectivity index (χ0) is 14.0. The van der Waals surface area contributed by atoms with Crippen molar-refractivity contribution in [2.24, 2.45) is 5.41 Å². The highest BCUT2D eigenvalue weighted by Gasteiger charge is 2.30. The smallest absolute Gasteiger partial charge is 0.253 e. The standard InChI is InChI=1S/C15H21FN2O/c1-3-15(2)6-8-18(9-7-15)14(19)11-4-5-13(17)12(16)10-11/h4-5,10H,3,6-9,17H2,1-2H3. The largest absolute Gasteiger partial charge is 0.396 e. The van der Waals surface area contributed by atoms with Crippen LogP contribution in [0.4, 0.5) is 10.1 Å². The monoisotopic (exact) mass is 264 g/mol. The third kappa shape index (κ3) is 2.88. The number of halogens is 1. The number of piperidine rings is 1. The summed E-state index contributed by atoms with van der Waals surface area (Å²) >= 11 is 0. The second kappa shape index (κ2) is 5.19. The lowest BCUT2D eigenvalue weighted by atomic mass is 9.78. The van der Waals surface area contributed by atoms with Crippen molar-refractivity contribution in [1.29, 1.82) is 0 Å². The van der Waals surface area contributed by atoms with Gasteiger partial charge >= 0.3 is 0 Å². The maximum Gasteiger partial charge on any atom is 0.253 e. The summed E-state index contributed by atoms with van der Waals surface area (Å²) in [7, 11) is 0. The number of nitrogens with zero attached hydrogens (tertiary/aromatic N) is 1. The number of anilines is 1. The SMILES string of the molecule is CCC1(C)CCN(C(=O)c2ccc(N)c(F)c2)CC1. The number of nitrogen functional groups attached to an aromatic ring is 1. The molecular weight excluding hydrogens is 243 g/mol. The van der Waals surface area contributed by atoms with E-state index in [2.05, 4.69) is 13.8 Å². The van der Waals surface area contributed by atoms with E-state index in [0.29, 0.717) is 11.0 Å². The fourth-order valence-electron chi connectivity index (χ4n) is 2.45. The van der Waals surface area contributed by atoms with Crippen molar-refractivity contribution < 1.29 is 9.18 Å². The number of rotatable bonds is 2. The molecule has 1 aromatic rings. The first-order valence-electron chi connectivity index (χ1n) is 6.79. The molecule has 0 radical (unpaired) electrons. The lowest BCUT2D eigenvalue weighted by molar-refractivity contribution is 0.0600. The van der Waals surface area contributed by atoms with Crippen LogP contribution in [0.1, 0.15) is 43.5 Å². The first-order chi connectivity index (χ1) is 8.95. The van der Waals surface area contributed by atoms with Gasteiger partial charge in [-0.1, -0.05) is 20.3 Å². The molecule has 0 bridgehead atoms. The quantitative estimate of drug-likeness (QED) is 0.834. The molecule has 0 aromatic heterocycles. The van der Waals surface area contributed by atoms with Crippen LogP contribution in [0, 0.1) is 11.2 Å². The van der Waals surface area contributed by atoms with Gasteiger partial charge in [-0.25, -0.2) is 4.39 Å². The van der Waals surface area contributed by atoms with Gasteiger partial charge in [-0.05, 0) is 36.5 Å². The van der Waals surface area contributed by atoms with Gasteiger partial charge in [0, 0.05) is 18.7 Å². The molecule has 1 amide bonds. The second-order valence-electron chi connectivity index (χ2n) is 5.69. The average molecular weight is 264 g/mol. The maximum absolute atomic E-state index is 13.4. The van der Waals surface area contributed by atoms with Gasteiger partial charge < -0.3 is 10.6 Å². The van der Waals surface area contributed by atoms with E-state index in [-0.39, 0.29) is 11.6 Å². The number of likely N-dealkylation sites (tertiary alicyclic amines) is 1. The number of hydrogen-bond acceptors (Lipinski definition) is 2. The lowest BCUT2D eigenvalue weighted by Crippen LogP contribution is -2.41. The van der Waals surface area contributed by atoms with E-state index < -0.39 is 5.82 Å². The Labute approximate surface area is 113 Å². The molecule has 4 heteroatoms. The van der Waals surface area contributed by atoms with E-state index in [0.717, 1.165) is 32.4 Å². The minimum absolute atomic E-state index is 0.0775. The molecule has 0 atom stereocenters. The maximum atomic E-state index is 13.4. The number of carbonyl (C=O) groups is 1. The molecule has 2 rings (SSSR count). The molecule has 1 heterocycles. The summed E-state index contributed by atoms with van der Waals surface area (Å²) in [5, 5.41) is 0. The summed E-state index contributed by atoms with van der Waals surface area (Å²) in [5.74, 6) is -0.627. The fourth-order valence-corrected chi connectivity index (χ4v) is 2.45. The van der Waals surface area contributed by atoms with Crippen LogP contribution in [0.5, 0.6) is 0 Å². The molecule has 0 aliphatic carbocycles. The van der Waals surface area contributed by atoms with E-state index in [9.17, 15) is 9.18 Å². The number of hydrogen-bond donors (Lipinski definition) is 1. The van der Waals surface area contributed by atoms with Crippen LogP contribution in [0.3, 0.4) is 0 Å². The average Bonchev–Trinajstić information content (AvgIpc) is 2.42. The van der Waals surface area contributed by atoms with Crippen LogP contribution in [0.25, 0.3) is 0 Å². The number of nitrogens with two attached hydrogens (primary N) is 1. The van der Waals surface area contributed by atoms with Crippen molar-refractivity contribution in [2.75, 3.05) is 18.8 Å². The van der Waals surface area contributed by atoms with Crippen molar-refractivity contribution in [1.82, 2.24) is 4.90 Å². The van der Waals surface area contributed by atoms with E-state index >= 15 is 0 Å². The zero-order valence-corrected chi connectivity index (χ0v) is 11.6. The third-order valence-electron chi connectivity index (χ3n) is 4.36. The molecule has 0 unspecified atom stereocenters. The van der Waals surface area contributed by atoms with Gasteiger partial charge in [0.15, 0.2) is 0 Å². The van der Waals surface area contributed by atoms with Crippen LogP contribution in [-0.2, 0) is 0 Å². The van der Waals surface area contributed by atoms with Crippen LogP contribution in [0.15, 0.2) is 18.2 Å². The Bertz CT molecular complexity index is 479. The van der Waals surface area contributed by atoms with Crippen LogP contribution < -0.4 is 5.73 Å². The van der Waals surface area contributed by atoms with Crippen molar-refractivity contribution >= 4 is 11.6 Å². The van der Waals surface area contributed by atoms with Gasteiger partial charge in [-0.2, -0.15) is 0 Å². The van der Waals surface area contributed by atoms with Gasteiger partial charge in [-0.3, -0.25) is 4.79 Å². The molecule has 104 valence electrons. The zero-order valence-electron chi connectivity index (χ0n) is 11.6. The van der Waals surface area contributed by atoms with Crippen molar-refractivity contribution in [3.8, 4) is 0 Å². The van der Waals surface area contributed by atoms with E-state index in [1.165, 1.54) is 12.1 Å².